The largest absolute Gasteiger partial charge is 0.469 e. The molecule has 1 aromatic rings. The van der Waals surface area contributed by atoms with Crippen LogP contribution in [-0.4, -0.2) is 25.7 Å². The third-order valence-corrected chi connectivity index (χ3v) is 2.80. The van der Waals surface area contributed by atoms with Gasteiger partial charge in [0.25, 0.3) is 0 Å². The lowest BCUT2D eigenvalue weighted by Gasteiger charge is -2.09. The van der Waals surface area contributed by atoms with Gasteiger partial charge in [-0.05, 0) is 36.6 Å². The summed E-state index contributed by atoms with van der Waals surface area (Å²) in [6.45, 7) is 2.05. The first kappa shape index (κ1) is 15.7. The first-order chi connectivity index (χ1) is 9.60. The van der Waals surface area contributed by atoms with Gasteiger partial charge < -0.3 is 9.47 Å². The maximum Gasteiger partial charge on any atom is 0.310 e. The first-order valence-electron chi connectivity index (χ1n) is 6.35. The van der Waals surface area contributed by atoms with E-state index in [2.05, 4.69) is 4.74 Å². The summed E-state index contributed by atoms with van der Waals surface area (Å²) in [6.07, 6.45) is 0.797. The van der Waals surface area contributed by atoms with Crippen LogP contribution in [0, 0.1) is 11.3 Å². The van der Waals surface area contributed by atoms with Crippen molar-refractivity contribution in [3.05, 3.63) is 34.9 Å². The molecule has 0 aliphatic rings. The Labute approximate surface area is 118 Å². The molecular formula is C15H17NO4. The molecule has 0 saturated heterocycles. The zero-order valence-electron chi connectivity index (χ0n) is 11.6. The van der Waals surface area contributed by atoms with Crippen LogP contribution in [0.4, 0.5) is 0 Å². The van der Waals surface area contributed by atoms with E-state index in [9.17, 15) is 9.59 Å². The lowest BCUT2D eigenvalue weighted by atomic mass is 9.98. The molecule has 1 aromatic carbocycles. The fraction of sp³-hybridized carbons (Fsp3) is 0.400. The quantitative estimate of drug-likeness (QED) is 0.739. The maximum atomic E-state index is 11.6. The van der Waals surface area contributed by atoms with Crippen LogP contribution in [0.25, 0.3) is 0 Å². The predicted molar refractivity (Wildman–Crippen MR) is 71.8 cm³/mol. The lowest BCUT2D eigenvalue weighted by Crippen LogP contribution is -2.10. The Kier molecular flexibility index (Phi) is 6.24. The number of methoxy groups -OCH3 is 1. The summed E-state index contributed by atoms with van der Waals surface area (Å²) in [4.78, 5) is 22.7. The van der Waals surface area contributed by atoms with Gasteiger partial charge in [-0.15, -0.1) is 0 Å². The van der Waals surface area contributed by atoms with Crippen molar-refractivity contribution in [2.24, 2.45) is 0 Å². The van der Waals surface area contributed by atoms with Crippen molar-refractivity contribution in [2.75, 3.05) is 13.7 Å². The minimum Gasteiger partial charge on any atom is -0.469 e. The lowest BCUT2D eigenvalue weighted by molar-refractivity contribution is -0.142. The number of hydrogen-bond donors (Lipinski definition) is 0. The molecule has 0 fully saturated rings. The van der Waals surface area contributed by atoms with Crippen molar-refractivity contribution in [1.29, 1.82) is 5.26 Å². The Bertz CT molecular complexity index is 531. The summed E-state index contributed by atoms with van der Waals surface area (Å²) in [5, 5.41) is 8.91. The van der Waals surface area contributed by atoms with E-state index < -0.39 is 0 Å². The van der Waals surface area contributed by atoms with Gasteiger partial charge in [-0.2, -0.15) is 5.26 Å². The highest BCUT2D eigenvalue weighted by atomic mass is 16.5. The molecule has 0 amide bonds. The number of nitriles is 1. The number of aryl methyl sites for hydroxylation is 1. The third-order valence-electron chi connectivity index (χ3n) is 2.80. The number of esters is 2. The molecule has 0 aliphatic heterocycles. The van der Waals surface area contributed by atoms with Gasteiger partial charge in [0.15, 0.2) is 0 Å². The molecule has 0 heterocycles. The van der Waals surface area contributed by atoms with E-state index in [4.69, 9.17) is 10.00 Å². The Morgan fingerprint density at radius 3 is 2.60 bits per heavy atom. The van der Waals surface area contributed by atoms with E-state index in [0.29, 0.717) is 24.2 Å². The average molecular weight is 275 g/mol. The van der Waals surface area contributed by atoms with Gasteiger partial charge in [-0.3, -0.25) is 9.59 Å². The minimum atomic E-state index is -0.345. The Balaban J connectivity index is 2.89. The van der Waals surface area contributed by atoms with Crippen LogP contribution in [-0.2, 0) is 31.9 Å². The molecular weight excluding hydrogens is 258 g/mol. The summed E-state index contributed by atoms with van der Waals surface area (Å²) < 4.78 is 9.50. The fourth-order valence-electron chi connectivity index (χ4n) is 1.81. The van der Waals surface area contributed by atoms with Crippen molar-refractivity contribution < 1.29 is 19.1 Å². The predicted octanol–water partition coefficient (Wildman–Crippen LogP) is 1.77. The third kappa shape index (κ3) is 4.73. The van der Waals surface area contributed by atoms with Gasteiger partial charge >= 0.3 is 11.9 Å². The van der Waals surface area contributed by atoms with Crippen LogP contribution in [0.15, 0.2) is 18.2 Å². The summed E-state index contributed by atoms with van der Waals surface area (Å²) in [7, 11) is 1.33. The molecule has 106 valence electrons. The van der Waals surface area contributed by atoms with Gasteiger partial charge in [0.2, 0.25) is 0 Å². The molecule has 5 heteroatoms. The highest BCUT2D eigenvalue weighted by Gasteiger charge is 2.11. The maximum absolute atomic E-state index is 11.6. The number of carbonyl (C=O) groups is 2. The average Bonchev–Trinajstić information content (AvgIpc) is 2.45. The summed E-state index contributed by atoms with van der Waals surface area (Å²) in [5.41, 5.74) is 2.04. The van der Waals surface area contributed by atoms with Crippen LogP contribution in [0.3, 0.4) is 0 Å². The SMILES string of the molecule is CCOC(=O)Cc1cc(C#N)ccc1CCC(=O)OC. The fourth-order valence-corrected chi connectivity index (χ4v) is 1.81. The molecule has 5 nitrogen and oxygen atoms in total. The number of rotatable bonds is 6. The van der Waals surface area contributed by atoms with Gasteiger partial charge in [0.05, 0.1) is 31.8 Å². The van der Waals surface area contributed by atoms with E-state index in [0.717, 1.165) is 5.56 Å². The molecule has 0 unspecified atom stereocenters. The summed E-state index contributed by atoms with van der Waals surface area (Å²) >= 11 is 0. The van der Waals surface area contributed by atoms with E-state index in [-0.39, 0.29) is 24.8 Å². The topological polar surface area (TPSA) is 76.4 Å². The van der Waals surface area contributed by atoms with E-state index in [1.54, 1.807) is 25.1 Å². The van der Waals surface area contributed by atoms with Gasteiger partial charge in [-0.1, -0.05) is 6.07 Å². The highest BCUT2D eigenvalue weighted by Crippen LogP contribution is 2.15. The van der Waals surface area contributed by atoms with E-state index >= 15 is 0 Å². The highest BCUT2D eigenvalue weighted by molar-refractivity contribution is 5.73. The van der Waals surface area contributed by atoms with Crippen molar-refractivity contribution in [3.8, 4) is 6.07 Å². The van der Waals surface area contributed by atoms with Crippen molar-refractivity contribution in [2.45, 2.75) is 26.2 Å². The molecule has 0 spiro atoms. The van der Waals surface area contributed by atoms with Gasteiger partial charge in [0, 0.05) is 6.42 Å². The molecule has 1 rings (SSSR count). The smallest absolute Gasteiger partial charge is 0.310 e. The molecule has 0 aliphatic carbocycles. The molecule has 0 atom stereocenters. The monoisotopic (exact) mass is 275 g/mol. The number of carbonyl (C=O) groups excluding carboxylic acids is 2. The van der Waals surface area contributed by atoms with Crippen LogP contribution >= 0.6 is 0 Å². The number of nitrogens with zero attached hydrogens (tertiary/aromatic N) is 1. The van der Waals surface area contributed by atoms with Crippen LogP contribution in [0.1, 0.15) is 30.0 Å². The Morgan fingerprint density at radius 2 is 2.00 bits per heavy atom. The van der Waals surface area contributed by atoms with Crippen LogP contribution in [0.2, 0.25) is 0 Å². The van der Waals surface area contributed by atoms with Gasteiger partial charge in [0.1, 0.15) is 0 Å². The molecule has 0 N–H and O–H groups in total. The number of benzene rings is 1. The zero-order valence-corrected chi connectivity index (χ0v) is 11.6. The first-order valence-corrected chi connectivity index (χ1v) is 6.35. The minimum absolute atomic E-state index is 0.0971. The Morgan fingerprint density at radius 1 is 1.25 bits per heavy atom. The van der Waals surface area contributed by atoms with Crippen molar-refractivity contribution >= 4 is 11.9 Å². The number of hydrogen-bond acceptors (Lipinski definition) is 5. The van der Waals surface area contributed by atoms with Crippen LogP contribution in [0.5, 0.6) is 0 Å². The summed E-state index contributed by atoms with van der Waals surface area (Å²) in [6, 6.07) is 7.12. The second kappa shape index (κ2) is 7.95. The molecule has 20 heavy (non-hydrogen) atoms. The molecule has 0 radical (unpaired) electrons. The van der Waals surface area contributed by atoms with Crippen LogP contribution < -0.4 is 0 Å². The molecule has 0 bridgehead atoms. The van der Waals surface area contributed by atoms with E-state index in [1.807, 2.05) is 6.07 Å². The van der Waals surface area contributed by atoms with Gasteiger partial charge in [-0.25, -0.2) is 0 Å². The zero-order chi connectivity index (χ0) is 15.0. The second-order valence-corrected chi connectivity index (χ2v) is 4.15. The normalized spacial score (nSPS) is 9.65. The van der Waals surface area contributed by atoms with Crippen molar-refractivity contribution in [3.63, 3.8) is 0 Å². The van der Waals surface area contributed by atoms with Crippen molar-refractivity contribution in [1.82, 2.24) is 0 Å². The standard InChI is InChI=1S/C15H17NO4/c1-3-20-15(18)9-13-8-11(10-16)4-5-12(13)6-7-14(17)19-2/h4-5,8H,3,6-7,9H2,1-2H3. The molecule has 0 saturated carbocycles. The number of ether oxygens (including phenoxy) is 2. The summed E-state index contributed by atoms with van der Waals surface area (Å²) in [5.74, 6) is -0.654. The van der Waals surface area contributed by atoms with E-state index in [1.165, 1.54) is 7.11 Å². The Hall–Kier alpha value is -2.35. The second-order valence-electron chi connectivity index (χ2n) is 4.15. The molecule has 0 aromatic heterocycles.